The Kier molecular flexibility index (Phi) is 10.5. The van der Waals surface area contributed by atoms with Crippen molar-refractivity contribution in [3.63, 3.8) is 0 Å². The van der Waals surface area contributed by atoms with Crippen molar-refractivity contribution in [2.75, 3.05) is 5.75 Å². The first kappa shape index (κ1) is 42.2. The van der Waals surface area contributed by atoms with Crippen LogP contribution in [0.15, 0.2) is 48.5 Å². The molecule has 1 saturated heterocycles. The van der Waals surface area contributed by atoms with E-state index in [2.05, 4.69) is 19.9 Å². The summed E-state index contributed by atoms with van der Waals surface area (Å²) in [4.78, 5) is 10.9. The van der Waals surface area contributed by atoms with E-state index in [1.165, 1.54) is 45.9 Å². The van der Waals surface area contributed by atoms with Crippen LogP contribution in [0.25, 0.3) is 22.3 Å². The summed E-state index contributed by atoms with van der Waals surface area (Å²) < 4.78 is 227. The van der Waals surface area contributed by atoms with Crippen molar-refractivity contribution in [2.45, 2.75) is 18.1 Å². The summed E-state index contributed by atoms with van der Waals surface area (Å²) in [6.45, 7) is 0. The smallest absolute Gasteiger partial charge is 0.200 e. The van der Waals surface area contributed by atoms with E-state index in [1.54, 1.807) is 0 Å². The number of benzene rings is 3. The highest BCUT2D eigenvalue weighted by Crippen LogP contribution is 2.42. The lowest BCUT2D eigenvalue weighted by Gasteiger charge is -2.22. The number of hydrogen-bond acceptors (Lipinski definition) is 2. The number of aromatic nitrogens is 4. The topological polar surface area (TPSA) is 63.2 Å². The third kappa shape index (κ3) is 6.52. The minimum absolute atomic E-state index is 0.132. The summed E-state index contributed by atoms with van der Waals surface area (Å²) in [5.74, 6) is -35.3. The normalized spacial score (nSPS) is 15.6. The van der Waals surface area contributed by atoms with E-state index < -0.39 is 148 Å². The zero-order valence-electron chi connectivity index (χ0n) is 30.8. The number of H-pyrrole nitrogens is 4. The van der Waals surface area contributed by atoms with Crippen LogP contribution in [-0.4, -0.2) is 30.9 Å². The molecule has 2 aliphatic heterocycles. The fraction of sp³-hybridized carbons (Fsp3) is 0.0952. The second-order valence-corrected chi connectivity index (χ2v) is 16.8. The molecule has 324 valence electrons. The summed E-state index contributed by atoms with van der Waals surface area (Å²) in [7, 11) is 2.82. The summed E-state index contributed by atoms with van der Waals surface area (Å²) >= 11 is 0. The van der Waals surface area contributed by atoms with Gasteiger partial charge < -0.3 is 19.9 Å². The van der Waals surface area contributed by atoms with Crippen LogP contribution in [-0.2, 0) is 0 Å². The molecule has 0 amide bonds. The highest BCUT2D eigenvalue weighted by atomic mass is 33.1. The first-order valence-corrected chi connectivity index (χ1v) is 20.5. The van der Waals surface area contributed by atoms with Crippen LogP contribution in [0, 0.1) is 87.3 Å². The van der Waals surface area contributed by atoms with Gasteiger partial charge in [-0.15, -0.1) is 0 Å². The molecule has 7 aromatic rings. The molecule has 2 aliphatic rings. The second kappa shape index (κ2) is 15.6. The third-order valence-electron chi connectivity index (χ3n) is 10.5. The predicted octanol–water partition coefficient (Wildman–Crippen LogP) is 8.88. The van der Waals surface area contributed by atoms with Gasteiger partial charge in [0.1, 0.15) is 0 Å². The maximum absolute atomic E-state index is 15.8. The molecule has 4 aromatic heterocycles. The van der Waals surface area contributed by atoms with Crippen LogP contribution < -0.4 is 21.4 Å². The van der Waals surface area contributed by atoms with Gasteiger partial charge in [0.2, 0.25) is 17.5 Å². The Morgan fingerprint density at radius 3 is 1.00 bits per heavy atom. The first-order chi connectivity index (χ1) is 30.0. The summed E-state index contributed by atoms with van der Waals surface area (Å²) in [6, 6.07) is 8.71. The molecule has 63 heavy (non-hydrogen) atoms. The van der Waals surface area contributed by atoms with E-state index in [-0.39, 0.29) is 22.1 Å². The Morgan fingerprint density at radius 1 is 0.349 bits per heavy atom. The molecule has 0 saturated carbocycles. The van der Waals surface area contributed by atoms with E-state index in [4.69, 9.17) is 0 Å². The average Bonchev–Trinajstić information content (AvgIpc) is 4.14. The van der Waals surface area contributed by atoms with E-state index >= 15 is 26.3 Å². The SMILES string of the molecule is Fc1c(F)c(F)c(C2=c3ccc([nH]3)=C(c3c(F)c(F)c(F)c(F)c3F)c3ccc([nH]3)C(C3CCCSS3)=c3ccc([nH]3)=C(c3c(F)c(F)c(F)c(F)c3F)c3ccc2[nH]3)c(F)c1F. The van der Waals surface area contributed by atoms with Gasteiger partial charge in [0.25, 0.3) is 0 Å². The van der Waals surface area contributed by atoms with E-state index in [1.807, 2.05) is 0 Å². The number of aromatic amines is 4. The standard InChI is InChI=1S/C42H19F15N4S2/c43-28-25(29(44)35(50)40(55)34(28)49)22-14-5-3-12(58-14)21(20-2-1-11-62-63-20)13-4-6-15(59-13)23(26-30(45)36(51)41(56)37(52)31(26)46)17-8-10-19(61-17)24(18-9-7-16(22)60-18)27-32(47)38(53)42(57)39(54)33(27)48/h3-10,20,58-61H,1-2,11H2. The molecule has 9 rings (SSSR count). The van der Waals surface area contributed by atoms with Crippen LogP contribution in [0.2, 0.25) is 0 Å². The van der Waals surface area contributed by atoms with Gasteiger partial charge in [0, 0.05) is 77.5 Å². The van der Waals surface area contributed by atoms with Gasteiger partial charge in [0.15, 0.2) is 69.8 Å². The van der Waals surface area contributed by atoms with Crippen molar-refractivity contribution in [1.29, 1.82) is 0 Å². The molecule has 1 atom stereocenters. The fourth-order valence-electron chi connectivity index (χ4n) is 7.68. The number of rotatable bonds is 4. The van der Waals surface area contributed by atoms with Crippen molar-refractivity contribution in [3.8, 4) is 0 Å². The van der Waals surface area contributed by atoms with Gasteiger partial charge >= 0.3 is 0 Å². The monoisotopic (exact) mass is 928 g/mol. The lowest BCUT2D eigenvalue weighted by atomic mass is 10.00. The Bertz CT molecular complexity index is 3270. The molecule has 0 radical (unpaired) electrons. The van der Waals surface area contributed by atoms with Gasteiger partial charge in [-0.3, -0.25) is 0 Å². The van der Waals surface area contributed by atoms with Crippen molar-refractivity contribution in [1.82, 2.24) is 19.9 Å². The van der Waals surface area contributed by atoms with Crippen LogP contribution in [0.4, 0.5) is 65.9 Å². The molecule has 0 spiro atoms. The van der Waals surface area contributed by atoms with E-state index in [0.29, 0.717) is 24.2 Å². The number of halogens is 15. The van der Waals surface area contributed by atoms with Crippen LogP contribution in [0.1, 0.15) is 52.3 Å². The minimum atomic E-state index is -2.59. The largest absolute Gasteiger partial charge is 0.355 e. The minimum Gasteiger partial charge on any atom is -0.355 e. The molecule has 4 nitrogen and oxygen atoms in total. The highest BCUT2D eigenvalue weighted by molar-refractivity contribution is 8.77. The quantitative estimate of drug-likeness (QED) is 0.0618. The zero-order chi connectivity index (χ0) is 44.9. The lowest BCUT2D eigenvalue weighted by Crippen LogP contribution is -2.24. The second-order valence-electron chi connectivity index (χ2n) is 14.1. The average molecular weight is 929 g/mol. The molecule has 3 aromatic carbocycles. The summed E-state index contributed by atoms with van der Waals surface area (Å²) in [6.07, 6.45) is 1.13. The number of nitrogens with one attached hydrogen (secondary N) is 4. The van der Waals surface area contributed by atoms with Gasteiger partial charge in [-0.2, -0.15) is 0 Å². The van der Waals surface area contributed by atoms with E-state index in [9.17, 15) is 39.5 Å². The maximum Gasteiger partial charge on any atom is 0.200 e. The highest BCUT2D eigenvalue weighted by Gasteiger charge is 2.34. The molecular formula is C42H19F15N4S2. The van der Waals surface area contributed by atoms with Gasteiger partial charge in [-0.25, -0.2) is 65.9 Å². The van der Waals surface area contributed by atoms with Crippen molar-refractivity contribution < 1.29 is 65.9 Å². The van der Waals surface area contributed by atoms with Crippen LogP contribution in [0.5, 0.6) is 0 Å². The van der Waals surface area contributed by atoms with Crippen molar-refractivity contribution in [2.24, 2.45) is 0 Å². The molecule has 1 fully saturated rings. The molecule has 6 heterocycles. The van der Waals surface area contributed by atoms with Crippen molar-refractivity contribution >= 4 is 43.9 Å². The number of hydrogen-bond donors (Lipinski definition) is 4. The Morgan fingerprint density at radius 2 is 0.651 bits per heavy atom. The van der Waals surface area contributed by atoms with Gasteiger partial charge in [0.05, 0.1) is 16.7 Å². The zero-order valence-corrected chi connectivity index (χ0v) is 32.4. The lowest BCUT2D eigenvalue weighted by molar-refractivity contribution is 0.376. The first-order valence-electron chi connectivity index (χ1n) is 18.1. The molecule has 8 bridgehead atoms. The molecule has 0 aliphatic carbocycles. The van der Waals surface area contributed by atoms with E-state index in [0.717, 1.165) is 24.3 Å². The molecular weight excluding hydrogens is 910 g/mol. The fourth-order valence-corrected chi connectivity index (χ4v) is 10.5. The van der Waals surface area contributed by atoms with Crippen LogP contribution >= 0.6 is 21.6 Å². The Balaban J connectivity index is 1.50. The van der Waals surface area contributed by atoms with Crippen LogP contribution in [0.3, 0.4) is 0 Å². The predicted molar refractivity (Wildman–Crippen MR) is 201 cm³/mol. The summed E-state index contributed by atoms with van der Waals surface area (Å²) in [5, 5.41) is -1.89. The molecule has 4 N–H and O–H groups in total. The molecule has 1 unspecified atom stereocenters. The van der Waals surface area contributed by atoms with Gasteiger partial charge in [-0.05, 0) is 61.4 Å². The Labute approximate surface area is 349 Å². The van der Waals surface area contributed by atoms with Gasteiger partial charge in [-0.1, -0.05) is 21.6 Å². The number of fused-ring (bicyclic) bond motifs is 8. The summed E-state index contributed by atoms with van der Waals surface area (Å²) in [5.41, 5.74) is -8.26. The molecule has 21 heteroatoms. The van der Waals surface area contributed by atoms with Crippen molar-refractivity contribution in [3.05, 3.63) is 197 Å². The Hall–Kier alpha value is -6.09. The third-order valence-corrected chi connectivity index (χ3v) is 13.4. The maximum atomic E-state index is 15.8.